The summed E-state index contributed by atoms with van der Waals surface area (Å²) < 4.78 is 1.05. The number of aliphatic imine (C=N–C) groups is 2. The lowest BCUT2D eigenvalue weighted by atomic mass is 10.1. The van der Waals surface area contributed by atoms with Crippen LogP contribution >= 0.6 is 11.3 Å². The zero-order chi connectivity index (χ0) is 19.6. The van der Waals surface area contributed by atoms with Crippen molar-refractivity contribution < 1.29 is 4.79 Å². The Morgan fingerprint density at radius 1 is 1.28 bits per heavy atom. The highest BCUT2D eigenvalue weighted by Gasteiger charge is 2.22. The summed E-state index contributed by atoms with van der Waals surface area (Å²) in [7, 11) is 0. The van der Waals surface area contributed by atoms with Gasteiger partial charge in [-0.05, 0) is 30.7 Å². The van der Waals surface area contributed by atoms with Crippen molar-refractivity contribution in [1.29, 1.82) is 0 Å². The summed E-state index contributed by atoms with van der Waals surface area (Å²) in [6, 6.07) is 6.27. The smallest absolute Gasteiger partial charge is 0.266 e. The van der Waals surface area contributed by atoms with Crippen molar-refractivity contribution in [3.8, 4) is 11.1 Å². The number of thiazole rings is 1. The van der Waals surface area contributed by atoms with Gasteiger partial charge in [-0.1, -0.05) is 17.4 Å². The van der Waals surface area contributed by atoms with E-state index in [9.17, 15) is 4.79 Å². The van der Waals surface area contributed by atoms with E-state index in [-0.39, 0.29) is 11.9 Å². The van der Waals surface area contributed by atoms with E-state index < -0.39 is 0 Å². The highest BCUT2D eigenvalue weighted by molar-refractivity contribution is 7.22. The lowest BCUT2D eigenvalue weighted by Gasteiger charge is -2.15. The Morgan fingerprint density at radius 2 is 2.24 bits per heavy atom. The molecule has 3 aromatic rings. The van der Waals surface area contributed by atoms with Crippen LogP contribution < -0.4 is 16.0 Å². The van der Waals surface area contributed by atoms with E-state index in [0.717, 1.165) is 40.9 Å². The first-order valence-corrected chi connectivity index (χ1v) is 10.4. The molecule has 10 heteroatoms. The molecule has 9 nitrogen and oxygen atoms in total. The summed E-state index contributed by atoms with van der Waals surface area (Å²) in [6.45, 7) is 2.28. The minimum Gasteiger partial charge on any atom is -0.347 e. The number of nitrogens with one attached hydrogen (secondary N) is 4. The van der Waals surface area contributed by atoms with Crippen LogP contribution in [0.5, 0.6) is 0 Å². The number of guanidine groups is 1. The van der Waals surface area contributed by atoms with Gasteiger partial charge >= 0.3 is 0 Å². The van der Waals surface area contributed by atoms with Gasteiger partial charge in [0.25, 0.3) is 5.91 Å². The Kier molecular flexibility index (Phi) is 4.78. The van der Waals surface area contributed by atoms with E-state index in [1.54, 1.807) is 6.20 Å². The van der Waals surface area contributed by atoms with E-state index in [0.29, 0.717) is 29.8 Å². The van der Waals surface area contributed by atoms with Crippen LogP contribution in [-0.4, -0.2) is 58.4 Å². The van der Waals surface area contributed by atoms with Crippen molar-refractivity contribution in [2.24, 2.45) is 9.98 Å². The molecule has 148 valence electrons. The molecule has 5 rings (SSSR count). The minimum absolute atomic E-state index is 0.109. The first-order chi connectivity index (χ1) is 14.2. The van der Waals surface area contributed by atoms with Gasteiger partial charge in [-0.25, -0.2) is 9.98 Å². The van der Waals surface area contributed by atoms with Crippen molar-refractivity contribution in [1.82, 2.24) is 25.8 Å². The topological polar surface area (TPSA) is 119 Å². The number of fused-ring (bicyclic) bond motifs is 1. The van der Waals surface area contributed by atoms with Crippen LogP contribution in [0.4, 0.5) is 5.13 Å². The quantitative estimate of drug-likeness (QED) is 0.525. The first-order valence-electron chi connectivity index (χ1n) is 9.55. The number of rotatable bonds is 4. The van der Waals surface area contributed by atoms with Gasteiger partial charge in [0.1, 0.15) is 5.71 Å². The molecule has 0 bridgehead atoms. The van der Waals surface area contributed by atoms with E-state index in [1.165, 1.54) is 11.3 Å². The SMILES string of the molecule is O=C(NC1CCNC1)C1=NC(Nc2nc3ccc(-c4cn[nH]c4)cc3s2)=NCC1. The molecule has 1 unspecified atom stereocenters. The lowest BCUT2D eigenvalue weighted by molar-refractivity contribution is -0.115. The van der Waals surface area contributed by atoms with Crippen LogP contribution in [0.2, 0.25) is 0 Å². The largest absolute Gasteiger partial charge is 0.347 e. The van der Waals surface area contributed by atoms with Crippen LogP contribution in [0.1, 0.15) is 12.8 Å². The summed E-state index contributed by atoms with van der Waals surface area (Å²) in [6.07, 6.45) is 5.15. The predicted octanol–water partition coefficient (Wildman–Crippen LogP) is 1.78. The third-order valence-corrected chi connectivity index (χ3v) is 5.88. The Balaban J connectivity index is 1.31. The summed E-state index contributed by atoms with van der Waals surface area (Å²) >= 11 is 1.53. The zero-order valence-corrected chi connectivity index (χ0v) is 16.4. The van der Waals surface area contributed by atoms with Gasteiger partial charge in [0.2, 0.25) is 5.96 Å². The average Bonchev–Trinajstić information content (AvgIpc) is 3.49. The van der Waals surface area contributed by atoms with Crippen molar-refractivity contribution in [3.63, 3.8) is 0 Å². The first kappa shape index (κ1) is 18.0. The second-order valence-corrected chi connectivity index (χ2v) is 8.02. The van der Waals surface area contributed by atoms with Crippen LogP contribution in [0.15, 0.2) is 40.6 Å². The molecule has 2 aliphatic rings. The molecule has 1 aromatic carbocycles. The van der Waals surface area contributed by atoms with Crippen LogP contribution in [0, 0.1) is 0 Å². The summed E-state index contributed by atoms with van der Waals surface area (Å²) in [5.74, 6) is 0.321. The number of hydrogen-bond donors (Lipinski definition) is 4. The van der Waals surface area contributed by atoms with Gasteiger partial charge in [0.05, 0.1) is 16.4 Å². The highest BCUT2D eigenvalue weighted by atomic mass is 32.1. The molecule has 0 radical (unpaired) electrons. The summed E-state index contributed by atoms with van der Waals surface area (Å²) in [5, 5.41) is 17.0. The monoisotopic (exact) mass is 408 g/mol. The molecule has 1 fully saturated rings. The minimum atomic E-state index is -0.109. The molecule has 2 aromatic heterocycles. The highest BCUT2D eigenvalue weighted by Crippen LogP contribution is 2.30. The molecular weight excluding hydrogens is 388 g/mol. The zero-order valence-electron chi connectivity index (χ0n) is 15.6. The Labute approximate surface area is 170 Å². The molecule has 1 amide bonds. The molecule has 4 heterocycles. The Hall–Kier alpha value is -3.11. The molecule has 4 N–H and O–H groups in total. The molecule has 0 saturated carbocycles. The van der Waals surface area contributed by atoms with Crippen molar-refractivity contribution in [2.45, 2.75) is 18.9 Å². The average molecular weight is 408 g/mol. The maximum atomic E-state index is 12.5. The fourth-order valence-electron chi connectivity index (χ4n) is 3.43. The predicted molar refractivity (Wildman–Crippen MR) is 115 cm³/mol. The van der Waals surface area contributed by atoms with Crippen molar-refractivity contribution >= 4 is 44.3 Å². The van der Waals surface area contributed by atoms with E-state index in [2.05, 4.69) is 47.2 Å². The van der Waals surface area contributed by atoms with Crippen molar-refractivity contribution in [3.05, 3.63) is 30.6 Å². The summed E-state index contributed by atoms with van der Waals surface area (Å²) in [5.41, 5.74) is 3.52. The number of benzene rings is 1. The molecule has 29 heavy (non-hydrogen) atoms. The number of carbonyl (C=O) groups is 1. The number of carbonyl (C=O) groups excluding carboxylic acids is 1. The molecule has 0 spiro atoms. The van der Waals surface area contributed by atoms with Crippen LogP contribution in [0.25, 0.3) is 21.3 Å². The summed E-state index contributed by atoms with van der Waals surface area (Å²) in [4.78, 5) is 25.9. The maximum absolute atomic E-state index is 12.5. The number of aromatic amines is 1. The fraction of sp³-hybridized carbons (Fsp3) is 0.316. The maximum Gasteiger partial charge on any atom is 0.266 e. The van der Waals surface area contributed by atoms with E-state index >= 15 is 0 Å². The Morgan fingerprint density at radius 3 is 3.07 bits per heavy atom. The third-order valence-electron chi connectivity index (χ3n) is 4.95. The second-order valence-electron chi connectivity index (χ2n) is 6.99. The normalized spacial score (nSPS) is 19.1. The van der Waals surface area contributed by atoms with Crippen molar-refractivity contribution in [2.75, 3.05) is 25.0 Å². The molecule has 0 aliphatic carbocycles. The third kappa shape index (κ3) is 3.89. The fourth-order valence-corrected chi connectivity index (χ4v) is 4.33. The van der Waals surface area contributed by atoms with Crippen LogP contribution in [-0.2, 0) is 4.79 Å². The number of aromatic nitrogens is 3. The van der Waals surface area contributed by atoms with Gasteiger partial charge in [0.15, 0.2) is 5.13 Å². The lowest BCUT2D eigenvalue weighted by Crippen LogP contribution is -2.41. The standard InChI is InChI=1S/C19H20N8OS/c28-17(24-13-3-5-20-10-13)15-4-6-21-18(25-15)27-19-26-14-2-1-11(7-16(14)29-19)12-8-22-23-9-12/h1-2,7-9,13,20H,3-6,10H2,(H,22,23)(H,24,28)(H,21,26,27). The van der Waals surface area contributed by atoms with Crippen LogP contribution in [0.3, 0.4) is 0 Å². The number of H-pyrrole nitrogens is 1. The van der Waals surface area contributed by atoms with Gasteiger partial charge in [-0.15, -0.1) is 0 Å². The number of hydrogen-bond acceptors (Lipinski definition) is 8. The number of nitrogens with zero attached hydrogens (tertiary/aromatic N) is 4. The van der Waals surface area contributed by atoms with Gasteiger partial charge < -0.3 is 16.0 Å². The molecule has 2 aliphatic heterocycles. The van der Waals surface area contributed by atoms with Gasteiger partial charge in [0, 0.05) is 37.3 Å². The Bertz CT molecular complexity index is 1090. The second kappa shape index (κ2) is 7.72. The number of amides is 1. The molecule has 1 atom stereocenters. The van der Waals surface area contributed by atoms with E-state index in [4.69, 9.17) is 0 Å². The molecular formula is C19H20N8OS. The van der Waals surface area contributed by atoms with Gasteiger partial charge in [-0.3, -0.25) is 14.9 Å². The molecule has 1 saturated heterocycles. The van der Waals surface area contributed by atoms with Gasteiger partial charge in [-0.2, -0.15) is 5.10 Å². The number of anilines is 1. The van der Waals surface area contributed by atoms with E-state index in [1.807, 2.05) is 18.3 Å².